The second-order valence-corrected chi connectivity index (χ2v) is 8.77. The van der Waals surface area contributed by atoms with Gasteiger partial charge in [0.05, 0.1) is 11.4 Å². The van der Waals surface area contributed by atoms with Crippen LogP contribution in [0.1, 0.15) is 5.56 Å². The number of benzene rings is 2. The molecule has 2 aromatic carbocycles. The van der Waals surface area contributed by atoms with Crippen molar-refractivity contribution >= 4 is 50.1 Å². The Hall–Kier alpha value is -2.49. The zero-order valence-corrected chi connectivity index (χ0v) is 18.5. The van der Waals surface area contributed by atoms with E-state index in [1.54, 1.807) is 0 Å². The Labute approximate surface area is 183 Å². The van der Waals surface area contributed by atoms with Crippen LogP contribution in [0.2, 0.25) is 0 Å². The molecule has 0 bridgehead atoms. The van der Waals surface area contributed by atoms with Crippen LogP contribution in [0.15, 0.2) is 68.0 Å². The van der Waals surface area contributed by atoms with Crippen molar-refractivity contribution in [2.24, 2.45) is 0 Å². The van der Waals surface area contributed by atoms with Gasteiger partial charge in [-0.1, -0.05) is 58.0 Å². The first-order chi connectivity index (χ1) is 14.1. The van der Waals surface area contributed by atoms with E-state index in [4.69, 9.17) is 4.42 Å². The zero-order chi connectivity index (χ0) is 20.2. The molecule has 2 aromatic heterocycles. The van der Waals surface area contributed by atoms with Gasteiger partial charge in [0, 0.05) is 21.0 Å². The van der Waals surface area contributed by atoms with Gasteiger partial charge >= 0.3 is 0 Å². The van der Waals surface area contributed by atoms with Crippen molar-refractivity contribution < 1.29 is 9.21 Å². The molecule has 1 N–H and O–H groups in total. The standard InChI is InChI=1S/C20H15BrN4O2S2/c1-12-4-2-3-5-15(12)18-24-25-20(27-18)29-11-17(26)23-19-22-16(10-28-19)13-6-8-14(21)9-7-13/h2-10H,11H2,1H3,(H,22,23,26). The lowest BCUT2D eigenvalue weighted by atomic mass is 10.1. The highest BCUT2D eigenvalue weighted by atomic mass is 79.9. The summed E-state index contributed by atoms with van der Waals surface area (Å²) in [4.78, 5) is 16.7. The van der Waals surface area contributed by atoms with E-state index in [0.717, 1.165) is 26.9 Å². The molecule has 4 aromatic rings. The molecule has 0 fully saturated rings. The summed E-state index contributed by atoms with van der Waals surface area (Å²) in [6.45, 7) is 1.98. The number of thioether (sulfide) groups is 1. The first-order valence-corrected chi connectivity index (χ1v) is 11.3. The fraction of sp³-hybridized carbons (Fsp3) is 0.100. The number of rotatable bonds is 6. The first-order valence-electron chi connectivity index (χ1n) is 8.62. The highest BCUT2D eigenvalue weighted by molar-refractivity contribution is 9.10. The van der Waals surface area contributed by atoms with E-state index in [1.807, 2.05) is 60.8 Å². The Morgan fingerprint density at radius 1 is 1.17 bits per heavy atom. The topological polar surface area (TPSA) is 80.9 Å². The molecule has 0 spiro atoms. The van der Waals surface area contributed by atoms with Crippen molar-refractivity contribution in [2.75, 3.05) is 11.1 Å². The molecule has 4 rings (SSSR count). The number of thiazole rings is 1. The highest BCUT2D eigenvalue weighted by Gasteiger charge is 2.14. The maximum Gasteiger partial charge on any atom is 0.277 e. The summed E-state index contributed by atoms with van der Waals surface area (Å²) < 4.78 is 6.67. The molecule has 146 valence electrons. The highest BCUT2D eigenvalue weighted by Crippen LogP contribution is 2.27. The number of nitrogens with zero attached hydrogens (tertiary/aromatic N) is 3. The molecule has 0 saturated carbocycles. The summed E-state index contributed by atoms with van der Waals surface area (Å²) in [5, 5.41) is 13.7. The predicted molar refractivity (Wildman–Crippen MR) is 119 cm³/mol. The van der Waals surface area contributed by atoms with Crippen LogP contribution >= 0.6 is 39.0 Å². The van der Waals surface area contributed by atoms with Gasteiger partial charge in [0.15, 0.2) is 5.13 Å². The Bertz CT molecular complexity index is 1140. The van der Waals surface area contributed by atoms with E-state index < -0.39 is 0 Å². The molecule has 29 heavy (non-hydrogen) atoms. The molecule has 0 aliphatic carbocycles. The Morgan fingerprint density at radius 2 is 1.97 bits per heavy atom. The van der Waals surface area contributed by atoms with Crippen molar-refractivity contribution in [2.45, 2.75) is 12.1 Å². The summed E-state index contributed by atoms with van der Waals surface area (Å²) in [6, 6.07) is 15.6. The summed E-state index contributed by atoms with van der Waals surface area (Å²) in [5.41, 5.74) is 3.76. The molecule has 0 atom stereocenters. The van der Waals surface area contributed by atoms with Crippen LogP contribution in [0.5, 0.6) is 0 Å². The van der Waals surface area contributed by atoms with Gasteiger partial charge in [-0.2, -0.15) is 0 Å². The van der Waals surface area contributed by atoms with Crippen molar-refractivity contribution in [3.63, 3.8) is 0 Å². The van der Waals surface area contributed by atoms with E-state index in [9.17, 15) is 4.79 Å². The lowest BCUT2D eigenvalue weighted by Gasteiger charge is -2.00. The number of aryl methyl sites for hydroxylation is 1. The minimum atomic E-state index is -0.178. The van der Waals surface area contributed by atoms with Crippen LogP contribution in [-0.2, 0) is 4.79 Å². The van der Waals surface area contributed by atoms with E-state index in [2.05, 4.69) is 36.4 Å². The zero-order valence-electron chi connectivity index (χ0n) is 15.3. The van der Waals surface area contributed by atoms with Crippen LogP contribution in [0.25, 0.3) is 22.7 Å². The number of amides is 1. The number of aromatic nitrogens is 3. The molecule has 0 aliphatic rings. The second-order valence-electron chi connectivity index (χ2n) is 6.07. The normalized spacial score (nSPS) is 10.8. The number of hydrogen-bond donors (Lipinski definition) is 1. The third-order valence-corrected chi connectivity index (χ3v) is 6.10. The lowest BCUT2D eigenvalue weighted by Crippen LogP contribution is -2.13. The number of anilines is 1. The first kappa shape index (κ1) is 19.8. The molecule has 0 aliphatic heterocycles. The van der Waals surface area contributed by atoms with Crippen molar-refractivity contribution in [3.05, 3.63) is 63.9 Å². The van der Waals surface area contributed by atoms with E-state index >= 15 is 0 Å². The van der Waals surface area contributed by atoms with Gasteiger partial charge < -0.3 is 9.73 Å². The number of halogens is 1. The molecule has 9 heteroatoms. The maximum atomic E-state index is 12.2. The maximum absolute atomic E-state index is 12.2. The minimum absolute atomic E-state index is 0.155. The fourth-order valence-corrected chi connectivity index (χ4v) is 4.12. The average molecular weight is 487 g/mol. The number of hydrogen-bond acceptors (Lipinski definition) is 7. The van der Waals surface area contributed by atoms with Gasteiger partial charge in [-0.05, 0) is 30.7 Å². The van der Waals surface area contributed by atoms with Gasteiger partial charge in [-0.15, -0.1) is 21.5 Å². The fourth-order valence-electron chi connectivity index (χ4n) is 2.56. The molecule has 0 radical (unpaired) electrons. The third kappa shape index (κ3) is 4.92. The number of nitrogens with one attached hydrogen (secondary N) is 1. The van der Waals surface area contributed by atoms with E-state index in [0.29, 0.717) is 16.2 Å². The van der Waals surface area contributed by atoms with Gasteiger partial charge in [0.1, 0.15) is 0 Å². The lowest BCUT2D eigenvalue weighted by molar-refractivity contribution is -0.113. The molecular formula is C20H15BrN4O2S2. The van der Waals surface area contributed by atoms with Gasteiger partial charge in [0.2, 0.25) is 11.8 Å². The Morgan fingerprint density at radius 3 is 2.76 bits per heavy atom. The molecular weight excluding hydrogens is 472 g/mol. The van der Waals surface area contributed by atoms with Gasteiger partial charge in [-0.25, -0.2) is 4.98 Å². The van der Waals surface area contributed by atoms with Crippen molar-refractivity contribution in [3.8, 4) is 22.7 Å². The second kappa shape index (κ2) is 8.89. The number of carbonyl (C=O) groups excluding carboxylic acids is 1. The van der Waals surface area contributed by atoms with Crippen LogP contribution in [0.4, 0.5) is 5.13 Å². The Balaban J connectivity index is 1.34. The largest absolute Gasteiger partial charge is 0.411 e. The van der Waals surface area contributed by atoms with Gasteiger partial charge in [-0.3, -0.25) is 4.79 Å². The predicted octanol–water partition coefficient (Wildman–Crippen LogP) is 5.66. The molecule has 0 unspecified atom stereocenters. The van der Waals surface area contributed by atoms with Crippen LogP contribution in [0.3, 0.4) is 0 Å². The summed E-state index contributed by atoms with van der Waals surface area (Å²) in [7, 11) is 0. The van der Waals surface area contributed by atoms with E-state index in [1.165, 1.54) is 23.1 Å². The van der Waals surface area contributed by atoms with Gasteiger partial charge in [0.25, 0.3) is 5.22 Å². The molecule has 1 amide bonds. The average Bonchev–Trinajstić information content (AvgIpc) is 3.37. The smallest absolute Gasteiger partial charge is 0.277 e. The van der Waals surface area contributed by atoms with Crippen LogP contribution < -0.4 is 5.32 Å². The summed E-state index contributed by atoms with van der Waals surface area (Å²) >= 11 is 6.00. The molecule has 6 nitrogen and oxygen atoms in total. The monoisotopic (exact) mass is 486 g/mol. The van der Waals surface area contributed by atoms with Crippen molar-refractivity contribution in [1.29, 1.82) is 0 Å². The van der Waals surface area contributed by atoms with Crippen LogP contribution in [-0.4, -0.2) is 26.8 Å². The van der Waals surface area contributed by atoms with E-state index in [-0.39, 0.29) is 11.7 Å². The van der Waals surface area contributed by atoms with Crippen LogP contribution in [0, 0.1) is 6.92 Å². The quantitative estimate of drug-likeness (QED) is 0.354. The summed E-state index contributed by atoms with van der Waals surface area (Å²) in [6.07, 6.45) is 0. The Kier molecular flexibility index (Phi) is 6.08. The minimum Gasteiger partial charge on any atom is -0.411 e. The molecule has 2 heterocycles. The van der Waals surface area contributed by atoms with Crippen molar-refractivity contribution in [1.82, 2.24) is 15.2 Å². The number of carbonyl (C=O) groups is 1. The summed E-state index contributed by atoms with van der Waals surface area (Å²) in [5.74, 6) is 0.426. The third-order valence-electron chi connectivity index (χ3n) is 4.00. The molecule has 0 saturated heterocycles. The SMILES string of the molecule is Cc1ccccc1-c1nnc(SCC(=O)Nc2nc(-c3ccc(Br)cc3)cs2)o1.